The normalized spacial score (nSPS) is 17.9. The number of nitrogens with zero attached hydrogens (tertiary/aromatic N) is 3. The summed E-state index contributed by atoms with van der Waals surface area (Å²) in [4.78, 5) is 3.53. The van der Waals surface area contributed by atoms with Crippen LogP contribution in [-0.2, 0) is 12.8 Å². The van der Waals surface area contributed by atoms with Crippen LogP contribution in [0.3, 0.4) is 0 Å². The quantitative estimate of drug-likeness (QED) is 0.670. The van der Waals surface area contributed by atoms with E-state index in [9.17, 15) is 0 Å². The van der Waals surface area contributed by atoms with Gasteiger partial charge in [0.1, 0.15) is 11.6 Å². The number of rotatable bonds is 3. The molecule has 0 saturated heterocycles. The first-order valence-electron chi connectivity index (χ1n) is 6.99. The van der Waals surface area contributed by atoms with Crippen molar-refractivity contribution in [2.24, 2.45) is 0 Å². The van der Waals surface area contributed by atoms with Crippen molar-refractivity contribution in [3.8, 4) is 5.75 Å². The molecule has 108 valence electrons. The molecule has 1 aliphatic heterocycles. The molecule has 1 atom stereocenters. The van der Waals surface area contributed by atoms with Gasteiger partial charge in [0.15, 0.2) is 0 Å². The molecule has 4 rings (SSSR count). The van der Waals surface area contributed by atoms with Gasteiger partial charge < -0.3 is 15.0 Å². The molecule has 0 fully saturated rings. The van der Waals surface area contributed by atoms with Crippen molar-refractivity contribution in [2.45, 2.75) is 18.9 Å². The molecule has 7 nitrogen and oxygen atoms in total. The van der Waals surface area contributed by atoms with Gasteiger partial charge in [-0.15, -0.1) is 5.10 Å². The number of fused-ring (bicyclic) bond motifs is 3. The Hall–Kier alpha value is -2.41. The lowest BCUT2D eigenvalue weighted by atomic mass is 9.97. The van der Waals surface area contributed by atoms with Crippen LogP contribution in [0.4, 0.5) is 0 Å². The molecule has 3 N–H and O–H groups in total. The molecule has 0 radical (unpaired) electrons. The summed E-state index contributed by atoms with van der Waals surface area (Å²) in [6, 6.07) is 6.34. The third kappa shape index (κ3) is 2.06. The van der Waals surface area contributed by atoms with E-state index in [2.05, 4.69) is 43.1 Å². The minimum absolute atomic E-state index is 0.196. The van der Waals surface area contributed by atoms with Gasteiger partial charge >= 0.3 is 0 Å². The number of hydrogen-bond acceptors (Lipinski definition) is 5. The zero-order chi connectivity index (χ0) is 14.2. The molecule has 0 saturated carbocycles. The number of H-pyrrole nitrogens is 2. The Kier molecular flexibility index (Phi) is 2.85. The Morgan fingerprint density at radius 1 is 1.38 bits per heavy atom. The summed E-state index contributed by atoms with van der Waals surface area (Å²) in [5.41, 5.74) is 3.73. The maximum absolute atomic E-state index is 5.33. The van der Waals surface area contributed by atoms with Crippen LogP contribution in [0.2, 0.25) is 0 Å². The van der Waals surface area contributed by atoms with Gasteiger partial charge in [0.05, 0.1) is 13.2 Å². The van der Waals surface area contributed by atoms with Crippen molar-refractivity contribution in [3.05, 3.63) is 35.3 Å². The summed E-state index contributed by atoms with van der Waals surface area (Å²) in [6.07, 6.45) is 1.75. The van der Waals surface area contributed by atoms with Crippen molar-refractivity contribution >= 4 is 10.9 Å². The minimum Gasteiger partial charge on any atom is -0.497 e. The van der Waals surface area contributed by atoms with Crippen molar-refractivity contribution < 1.29 is 4.74 Å². The van der Waals surface area contributed by atoms with Crippen molar-refractivity contribution in [2.75, 3.05) is 13.7 Å². The molecule has 7 heteroatoms. The van der Waals surface area contributed by atoms with Gasteiger partial charge in [-0.2, -0.15) is 0 Å². The van der Waals surface area contributed by atoms with Crippen LogP contribution >= 0.6 is 0 Å². The molecular formula is C14H16N6O. The van der Waals surface area contributed by atoms with E-state index in [1.807, 2.05) is 6.07 Å². The third-order valence-electron chi connectivity index (χ3n) is 4.05. The maximum atomic E-state index is 5.33. The van der Waals surface area contributed by atoms with Crippen LogP contribution in [0, 0.1) is 0 Å². The first-order valence-corrected chi connectivity index (χ1v) is 6.99. The lowest BCUT2D eigenvalue weighted by Gasteiger charge is -2.23. The lowest BCUT2D eigenvalue weighted by molar-refractivity contribution is 0.415. The van der Waals surface area contributed by atoms with E-state index in [1.54, 1.807) is 7.11 Å². The zero-order valence-electron chi connectivity index (χ0n) is 11.7. The number of benzene rings is 1. The van der Waals surface area contributed by atoms with Crippen LogP contribution < -0.4 is 10.1 Å². The smallest absolute Gasteiger partial charge is 0.150 e. The van der Waals surface area contributed by atoms with Crippen molar-refractivity contribution in [1.82, 2.24) is 30.9 Å². The minimum atomic E-state index is 0.196. The highest BCUT2D eigenvalue weighted by atomic mass is 16.5. The van der Waals surface area contributed by atoms with Crippen LogP contribution in [0.1, 0.15) is 23.1 Å². The monoisotopic (exact) mass is 284 g/mol. The van der Waals surface area contributed by atoms with E-state index < -0.39 is 0 Å². The van der Waals surface area contributed by atoms with E-state index >= 15 is 0 Å². The first-order chi connectivity index (χ1) is 10.3. The molecule has 0 spiro atoms. The molecule has 2 aromatic heterocycles. The summed E-state index contributed by atoms with van der Waals surface area (Å²) < 4.78 is 5.33. The van der Waals surface area contributed by atoms with Crippen LogP contribution in [-0.4, -0.2) is 39.3 Å². The number of methoxy groups -OCH3 is 1. The molecule has 1 aromatic carbocycles. The fraction of sp³-hybridized carbons (Fsp3) is 0.357. The topological polar surface area (TPSA) is 91.5 Å². The average Bonchev–Trinajstić information content (AvgIpc) is 3.14. The summed E-state index contributed by atoms with van der Waals surface area (Å²) in [7, 11) is 1.70. The SMILES string of the molecule is COc1ccc2[nH]c3c(c2c1)CCNC3Cc1nnn[nH]1. The largest absolute Gasteiger partial charge is 0.497 e. The Labute approximate surface area is 121 Å². The second kappa shape index (κ2) is 4.85. The van der Waals surface area contributed by atoms with Crippen LogP contribution in [0.25, 0.3) is 10.9 Å². The van der Waals surface area contributed by atoms with E-state index in [4.69, 9.17) is 4.74 Å². The predicted octanol–water partition coefficient (Wildman–Crippen LogP) is 1.12. The zero-order valence-corrected chi connectivity index (χ0v) is 11.7. The van der Waals surface area contributed by atoms with E-state index in [1.165, 1.54) is 16.6 Å². The van der Waals surface area contributed by atoms with E-state index in [0.717, 1.165) is 36.5 Å². The Morgan fingerprint density at radius 3 is 3.14 bits per heavy atom. The number of aromatic nitrogens is 5. The highest BCUT2D eigenvalue weighted by Crippen LogP contribution is 2.33. The molecule has 3 aromatic rings. The number of ether oxygens (including phenoxy) is 1. The molecular weight excluding hydrogens is 268 g/mol. The number of hydrogen-bond donors (Lipinski definition) is 3. The number of tetrazole rings is 1. The number of nitrogens with one attached hydrogen (secondary N) is 3. The van der Waals surface area contributed by atoms with Gasteiger partial charge in [0, 0.05) is 23.0 Å². The van der Waals surface area contributed by atoms with Crippen LogP contribution in [0.15, 0.2) is 18.2 Å². The van der Waals surface area contributed by atoms with Gasteiger partial charge in [0.2, 0.25) is 0 Å². The fourth-order valence-electron chi connectivity index (χ4n) is 3.05. The van der Waals surface area contributed by atoms with E-state index in [-0.39, 0.29) is 6.04 Å². The van der Waals surface area contributed by atoms with Gasteiger partial charge in [0.25, 0.3) is 0 Å². The maximum Gasteiger partial charge on any atom is 0.150 e. The second-order valence-corrected chi connectivity index (χ2v) is 5.24. The van der Waals surface area contributed by atoms with Crippen LogP contribution in [0.5, 0.6) is 5.75 Å². The Bertz CT molecular complexity index is 763. The summed E-state index contributed by atoms with van der Waals surface area (Å²) in [5.74, 6) is 1.68. The molecule has 1 aliphatic rings. The van der Waals surface area contributed by atoms with Gasteiger partial charge in [-0.3, -0.25) is 0 Å². The first kappa shape index (κ1) is 12.3. The lowest BCUT2D eigenvalue weighted by Crippen LogP contribution is -2.31. The highest BCUT2D eigenvalue weighted by molar-refractivity contribution is 5.86. The standard InChI is InChI=1S/C14H16N6O/c1-21-8-2-3-11-10(6-8)9-4-5-15-12(14(9)16-11)7-13-17-19-20-18-13/h2-3,6,12,15-16H,4-5,7H2,1H3,(H,17,18,19,20). The average molecular weight is 284 g/mol. The molecule has 0 bridgehead atoms. The molecule has 21 heavy (non-hydrogen) atoms. The second-order valence-electron chi connectivity index (χ2n) is 5.24. The highest BCUT2D eigenvalue weighted by Gasteiger charge is 2.25. The van der Waals surface area contributed by atoms with Gasteiger partial charge in [-0.05, 0) is 47.2 Å². The Balaban J connectivity index is 1.77. The molecule has 0 aliphatic carbocycles. The molecule has 1 unspecified atom stereocenters. The van der Waals surface area contributed by atoms with E-state index in [0.29, 0.717) is 0 Å². The Morgan fingerprint density at radius 2 is 2.33 bits per heavy atom. The molecule has 0 amide bonds. The summed E-state index contributed by atoms with van der Waals surface area (Å²) >= 11 is 0. The van der Waals surface area contributed by atoms with Crippen molar-refractivity contribution in [3.63, 3.8) is 0 Å². The van der Waals surface area contributed by atoms with Crippen molar-refractivity contribution in [1.29, 1.82) is 0 Å². The predicted molar refractivity (Wildman–Crippen MR) is 77.2 cm³/mol. The summed E-state index contributed by atoms with van der Waals surface area (Å²) in [6.45, 7) is 0.948. The fourth-order valence-corrected chi connectivity index (χ4v) is 3.05. The van der Waals surface area contributed by atoms with Gasteiger partial charge in [-0.25, -0.2) is 5.10 Å². The van der Waals surface area contributed by atoms with Gasteiger partial charge in [-0.1, -0.05) is 0 Å². The molecule has 3 heterocycles. The number of aromatic amines is 2. The summed E-state index contributed by atoms with van der Waals surface area (Å²) in [5, 5.41) is 18.8. The third-order valence-corrected chi connectivity index (χ3v) is 4.05.